The van der Waals surface area contributed by atoms with E-state index in [1.807, 2.05) is 24.0 Å². The van der Waals surface area contributed by atoms with Crippen LogP contribution in [0.3, 0.4) is 0 Å². The van der Waals surface area contributed by atoms with Gasteiger partial charge in [0.25, 0.3) is 11.5 Å². The summed E-state index contributed by atoms with van der Waals surface area (Å²) in [5, 5.41) is 12.4. The SMILES string of the molecule is CCOC(=O)[C@H]1CCCN(c2nc3c(C)cccn3c(=O)c2/C=C(\C#N)C(=O)NCc2ccco2)C1. The lowest BCUT2D eigenvalue weighted by Gasteiger charge is -2.33. The number of nitrogens with one attached hydrogen (secondary N) is 1. The number of aromatic nitrogens is 2. The van der Waals surface area contributed by atoms with Crippen molar-refractivity contribution in [2.45, 2.75) is 33.2 Å². The van der Waals surface area contributed by atoms with Gasteiger partial charge in [-0.3, -0.25) is 18.8 Å². The number of rotatable bonds is 7. The summed E-state index contributed by atoms with van der Waals surface area (Å²) in [5.74, 6) is -0.434. The summed E-state index contributed by atoms with van der Waals surface area (Å²) < 4.78 is 11.8. The van der Waals surface area contributed by atoms with Crippen molar-refractivity contribution in [1.82, 2.24) is 14.7 Å². The molecule has 0 unspecified atom stereocenters. The number of anilines is 1. The molecule has 10 heteroatoms. The van der Waals surface area contributed by atoms with Gasteiger partial charge in [0.1, 0.15) is 28.9 Å². The molecule has 0 spiro atoms. The standard InChI is InChI=1S/C26H27N5O5/c1-3-35-26(34)18-8-5-10-30(16-18)23-21(25(33)31-11-4-7-17(2)22(31)29-23)13-19(14-27)24(32)28-15-20-9-6-12-36-20/h4,6-7,9,11-13,18H,3,5,8,10,15-16H2,1-2H3,(H,28,32)/b19-13+/t18-/m0/s1. The third kappa shape index (κ3) is 5.15. The van der Waals surface area contributed by atoms with Crippen molar-refractivity contribution in [3.05, 3.63) is 69.5 Å². The zero-order valence-electron chi connectivity index (χ0n) is 20.2. The van der Waals surface area contributed by atoms with Crippen LogP contribution in [0, 0.1) is 24.2 Å². The molecule has 1 fully saturated rings. The Bertz CT molecular complexity index is 1400. The summed E-state index contributed by atoms with van der Waals surface area (Å²) >= 11 is 0. The number of hydrogen-bond donors (Lipinski definition) is 1. The van der Waals surface area contributed by atoms with Gasteiger partial charge in [0.2, 0.25) is 0 Å². The van der Waals surface area contributed by atoms with E-state index in [0.29, 0.717) is 43.2 Å². The number of carbonyl (C=O) groups is 2. The Morgan fingerprint density at radius 2 is 2.19 bits per heavy atom. The second-order valence-electron chi connectivity index (χ2n) is 8.51. The number of furan rings is 1. The van der Waals surface area contributed by atoms with Crippen molar-refractivity contribution in [2.24, 2.45) is 5.92 Å². The van der Waals surface area contributed by atoms with E-state index in [1.54, 1.807) is 31.3 Å². The molecule has 0 aromatic carbocycles. The lowest BCUT2D eigenvalue weighted by molar-refractivity contribution is -0.148. The monoisotopic (exact) mass is 489 g/mol. The minimum absolute atomic E-state index is 0.0964. The van der Waals surface area contributed by atoms with Crippen LogP contribution >= 0.6 is 0 Å². The van der Waals surface area contributed by atoms with Crippen LogP contribution in [-0.2, 0) is 20.9 Å². The first-order chi connectivity index (χ1) is 17.4. The molecule has 1 saturated heterocycles. The van der Waals surface area contributed by atoms with Crippen molar-refractivity contribution in [3.63, 3.8) is 0 Å². The summed E-state index contributed by atoms with van der Waals surface area (Å²) in [6.45, 7) is 4.88. The van der Waals surface area contributed by atoms with Gasteiger partial charge >= 0.3 is 5.97 Å². The lowest BCUT2D eigenvalue weighted by atomic mass is 9.97. The Balaban J connectivity index is 1.76. The molecule has 1 atom stereocenters. The van der Waals surface area contributed by atoms with E-state index in [0.717, 1.165) is 5.56 Å². The largest absolute Gasteiger partial charge is 0.467 e. The van der Waals surface area contributed by atoms with Crippen molar-refractivity contribution >= 4 is 29.4 Å². The summed E-state index contributed by atoms with van der Waals surface area (Å²) in [7, 11) is 0. The van der Waals surface area contributed by atoms with E-state index in [9.17, 15) is 19.6 Å². The Labute approximate surface area is 207 Å². The maximum atomic E-state index is 13.6. The molecule has 4 heterocycles. The first-order valence-electron chi connectivity index (χ1n) is 11.8. The van der Waals surface area contributed by atoms with Gasteiger partial charge in [-0.25, -0.2) is 4.98 Å². The Morgan fingerprint density at radius 3 is 2.92 bits per heavy atom. The average molecular weight is 490 g/mol. The minimum atomic E-state index is -0.642. The fraction of sp³-hybridized carbons (Fsp3) is 0.346. The highest BCUT2D eigenvalue weighted by Crippen LogP contribution is 2.26. The number of nitriles is 1. The fourth-order valence-corrected chi connectivity index (χ4v) is 4.26. The van der Waals surface area contributed by atoms with E-state index in [1.165, 1.54) is 16.7 Å². The van der Waals surface area contributed by atoms with Crippen LogP contribution in [0.25, 0.3) is 11.7 Å². The first kappa shape index (κ1) is 24.7. The number of nitrogens with zero attached hydrogens (tertiary/aromatic N) is 4. The predicted molar refractivity (Wildman–Crippen MR) is 132 cm³/mol. The number of piperidine rings is 1. The van der Waals surface area contributed by atoms with Gasteiger partial charge < -0.3 is 19.4 Å². The zero-order valence-corrected chi connectivity index (χ0v) is 20.2. The highest BCUT2D eigenvalue weighted by molar-refractivity contribution is 6.02. The molecule has 3 aromatic heterocycles. The highest BCUT2D eigenvalue weighted by Gasteiger charge is 2.30. The van der Waals surface area contributed by atoms with Crippen molar-refractivity contribution < 1.29 is 18.7 Å². The summed E-state index contributed by atoms with van der Waals surface area (Å²) in [6.07, 6.45) is 5.73. The van der Waals surface area contributed by atoms with Crippen molar-refractivity contribution in [1.29, 1.82) is 5.26 Å². The Morgan fingerprint density at radius 1 is 1.36 bits per heavy atom. The van der Waals surface area contributed by atoms with Crippen LogP contribution in [0.5, 0.6) is 0 Å². The number of amides is 1. The van der Waals surface area contributed by atoms with Crippen molar-refractivity contribution in [3.8, 4) is 6.07 Å². The normalized spacial score (nSPS) is 16.0. The average Bonchev–Trinajstić information content (AvgIpc) is 3.41. The first-order valence-corrected chi connectivity index (χ1v) is 11.8. The van der Waals surface area contributed by atoms with E-state index in [-0.39, 0.29) is 36.2 Å². The number of hydrogen-bond acceptors (Lipinski definition) is 8. The Kier molecular flexibility index (Phi) is 7.49. The van der Waals surface area contributed by atoms with Gasteiger partial charge in [-0.05, 0) is 56.5 Å². The third-order valence-electron chi connectivity index (χ3n) is 6.06. The predicted octanol–water partition coefficient (Wildman–Crippen LogP) is 2.60. The van der Waals surface area contributed by atoms with Gasteiger partial charge in [-0.2, -0.15) is 5.26 Å². The van der Waals surface area contributed by atoms with Gasteiger partial charge in [0.15, 0.2) is 0 Å². The Hall–Kier alpha value is -4.39. The summed E-state index contributed by atoms with van der Waals surface area (Å²) in [4.78, 5) is 45.4. The summed E-state index contributed by atoms with van der Waals surface area (Å²) in [6, 6.07) is 8.87. The molecule has 3 aromatic rings. The molecule has 1 aliphatic heterocycles. The molecule has 10 nitrogen and oxygen atoms in total. The van der Waals surface area contributed by atoms with E-state index in [2.05, 4.69) is 5.32 Å². The second kappa shape index (κ2) is 10.9. The van der Waals surface area contributed by atoms with E-state index >= 15 is 0 Å². The number of pyridine rings is 1. The topological polar surface area (TPSA) is 130 Å². The smallest absolute Gasteiger partial charge is 0.310 e. The zero-order chi connectivity index (χ0) is 25.7. The van der Waals surface area contributed by atoms with Crippen LogP contribution in [0.2, 0.25) is 0 Å². The maximum Gasteiger partial charge on any atom is 0.310 e. The molecule has 0 radical (unpaired) electrons. The number of ether oxygens (including phenoxy) is 1. The van der Waals surface area contributed by atoms with Crippen LogP contribution in [0.15, 0.2) is 51.5 Å². The molecule has 0 bridgehead atoms. The second-order valence-corrected chi connectivity index (χ2v) is 8.51. The number of fused-ring (bicyclic) bond motifs is 1. The van der Waals surface area contributed by atoms with Crippen LogP contribution < -0.4 is 15.8 Å². The van der Waals surface area contributed by atoms with Gasteiger partial charge in [-0.15, -0.1) is 0 Å². The highest BCUT2D eigenvalue weighted by atomic mass is 16.5. The van der Waals surface area contributed by atoms with Crippen LogP contribution in [-0.4, -0.2) is 41.0 Å². The van der Waals surface area contributed by atoms with Gasteiger partial charge in [-0.1, -0.05) is 6.07 Å². The molecular formula is C26H27N5O5. The number of esters is 1. The third-order valence-corrected chi connectivity index (χ3v) is 6.06. The molecule has 36 heavy (non-hydrogen) atoms. The quantitative estimate of drug-likeness (QED) is 0.305. The molecule has 1 aliphatic rings. The van der Waals surface area contributed by atoms with Crippen molar-refractivity contribution in [2.75, 3.05) is 24.6 Å². The summed E-state index contributed by atoms with van der Waals surface area (Å²) in [5.41, 5.74) is 0.708. The van der Waals surface area contributed by atoms with E-state index < -0.39 is 11.5 Å². The molecule has 4 rings (SSSR count). The number of aryl methyl sites for hydroxylation is 1. The molecule has 186 valence electrons. The molecular weight excluding hydrogens is 462 g/mol. The minimum Gasteiger partial charge on any atom is -0.467 e. The maximum absolute atomic E-state index is 13.6. The van der Waals surface area contributed by atoms with Gasteiger partial charge in [0.05, 0.1) is 30.9 Å². The molecule has 0 aliphatic carbocycles. The molecule has 1 amide bonds. The molecule has 0 saturated carbocycles. The lowest BCUT2D eigenvalue weighted by Crippen LogP contribution is -2.41. The molecule has 1 N–H and O–H groups in total. The van der Waals surface area contributed by atoms with Gasteiger partial charge in [0, 0.05) is 19.3 Å². The number of carbonyl (C=O) groups excluding carboxylic acids is 2. The van der Waals surface area contributed by atoms with E-state index in [4.69, 9.17) is 14.1 Å². The fourth-order valence-electron chi connectivity index (χ4n) is 4.26. The van der Waals surface area contributed by atoms with Crippen LogP contribution in [0.1, 0.15) is 36.7 Å². The van der Waals surface area contributed by atoms with Crippen LogP contribution in [0.4, 0.5) is 5.82 Å².